The van der Waals surface area contributed by atoms with Crippen LogP contribution in [0, 0.1) is 17.3 Å². The SMILES string of the molecule is CC1(C)[C@H]2C[C@@H]1[C@@H]1O[C@@H]1C2. The molecule has 1 nitrogen and oxygen atoms in total. The maximum atomic E-state index is 5.57. The quantitative estimate of drug-likeness (QED) is 0.465. The molecule has 3 saturated carbocycles. The Hall–Kier alpha value is -0.0400. The Bertz CT molecular complexity index is 185. The Morgan fingerprint density at radius 1 is 1.30 bits per heavy atom. The molecule has 0 radical (unpaired) electrons. The van der Waals surface area contributed by atoms with Crippen LogP contribution in [0.2, 0.25) is 0 Å². The number of hydrogen-bond donors (Lipinski definition) is 0. The van der Waals surface area contributed by atoms with Gasteiger partial charge in [0, 0.05) is 0 Å². The van der Waals surface area contributed by atoms with E-state index in [-0.39, 0.29) is 0 Å². The maximum Gasteiger partial charge on any atom is 0.0875 e. The molecule has 0 N–H and O–H groups in total. The molecule has 0 aromatic rings. The van der Waals surface area contributed by atoms with Crippen molar-refractivity contribution in [2.75, 3.05) is 0 Å². The van der Waals surface area contributed by atoms with Gasteiger partial charge in [0.15, 0.2) is 0 Å². The van der Waals surface area contributed by atoms with Crippen LogP contribution in [0.15, 0.2) is 0 Å². The topological polar surface area (TPSA) is 12.5 Å². The lowest BCUT2D eigenvalue weighted by molar-refractivity contribution is -0.0504. The number of rotatable bonds is 0. The van der Waals surface area contributed by atoms with Crippen molar-refractivity contribution < 1.29 is 4.74 Å². The van der Waals surface area contributed by atoms with Gasteiger partial charge in [0.2, 0.25) is 0 Å². The first-order chi connectivity index (χ1) is 4.69. The molecule has 3 aliphatic carbocycles. The molecule has 2 bridgehead atoms. The molecule has 0 unspecified atom stereocenters. The second kappa shape index (κ2) is 1.29. The first-order valence-corrected chi connectivity index (χ1v) is 4.35. The summed E-state index contributed by atoms with van der Waals surface area (Å²) >= 11 is 0. The highest BCUT2D eigenvalue weighted by molar-refractivity contribution is 5.13. The van der Waals surface area contributed by atoms with E-state index in [0.29, 0.717) is 17.6 Å². The Morgan fingerprint density at radius 2 is 2.10 bits per heavy atom. The Balaban J connectivity index is 1.94. The van der Waals surface area contributed by atoms with Gasteiger partial charge in [-0.15, -0.1) is 0 Å². The van der Waals surface area contributed by atoms with Crippen LogP contribution < -0.4 is 0 Å². The molecule has 0 aromatic carbocycles. The average Bonchev–Trinajstić information content (AvgIpc) is 2.62. The summed E-state index contributed by atoms with van der Waals surface area (Å²) in [7, 11) is 0. The molecule has 4 rings (SSSR count). The molecule has 1 heteroatoms. The van der Waals surface area contributed by atoms with Crippen LogP contribution in [0.1, 0.15) is 26.7 Å². The van der Waals surface area contributed by atoms with E-state index < -0.39 is 0 Å². The van der Waals surface area contributed by atoms with Crippen molar-refractivity contribution in [3.63, 3.8) is 0 Å². The van der Waals surface area contributed by atoms with Crippen LogP contribution in [0.4, 0.5) is 0 Å². The van der Waals surface area contributed by atoms with Gasteiger partial charge < -0.3 is 4.74 Å². The van der Waals surface area contributed by atoms with E-state index in [1.165, 1.54) is 12.8 Å². The second-order valence-corrected chi connectivity index (χ2v) is 4.74. The van der Waals surface area contributed by atoms with E-state index >= 15 is 0 Å². The maximum absolute atomic E-state index is 5.57. The summed E-state index contributed by atoms with van der Waals surface area (Å²) in [6, 6.07) is 0. The minimum atomic E-state index is 0.623. The van der Waals surface area contributed by atoms with E-state index in [1.807, 2.05) is 0 Å². The normalized spacial score (nSPS) is 60.6. The number of hydrogen-bond acceptors (Lipinski definition) is 1. The third-order valence-electron chi connectivity index (χ3n) is 4.08. The highest BCUT2D eigenvalue weighted by Gasteiger charge is 2.65. The third-order valence-corrected chi connectivity index (χ3v) is 4.08. The zero-order valence-electron chi connectivity index (χ0n) is 6.63. The summed E-state index contributed by atoms with van der Waals surface area (Å²) in [5.74, 6) is 1.90. The smallest absolute Gasteiger partial charge is 0.0875 e. The number of ether oxygens (including phenoxy) is 1. The lowest BCUT2D eigenvalue weighted by atomic mass is 9.49. The minimum absolute atomic E-state index is 0.623. The highest BCUT2D eigenvalue weighted by Crippen LogP contribution is 2.64. The molecule has 10 heavy (non-hydrogen) atoms. The summed E-state index contributed by atoms with van der Waals surface area (Å²) < 4.78 is 5.57. The molecule has 4 atom stereocenters. The van der Waals surface area contributed by atoms with E-state index in [9.17, 15) is 0 Å². The van der Waals surface area contributed by atoms with Crippen LogP contribution in [-0.2, 0) is 4.74 Å². The molecule has 1 aliphatic heterocycles. The van der Waals surface area contributed by atoms with Gasteiger partial charge in [-0.2, -0.15) is 0 Å². The second-order valence-electron chi connectivity index (χ2n) is 4.74. The summed E-state index contributed by atoms with van der Waals surface area (Å²) in [5.41, 5.74) is 0.623. The van der Waals surface area contributed by atoms with Crippen molar-refractivity contribution in [2.45, 2.75) is 38.9 Å². The van der Waals surface area contributed by atoms with Gasteiger partial charge in [-0.25, -0.2) is 0 Å². The highest BCUT2D eigenvalue weighted by atomic mass is 16.6. The molecule has 0 aromatic heterocycles. The van der Waals surface area contributed by atoms with Gasteiger partial charge in [-0.1, -0.05) is 13.8 Å². The lowest BCUT2D eigenvalue weighted by Gasteiger charge is -2.54. The molecule has 4 fully saturated rings. The Morgan fingerprint density at radius 3 is 2.60 bits per heavy atom. The first-order valence-electron chi connectivity index (χ1n) is 4.35. The van der Waals surface area contributed by atoms with Crippen molar-refractivity contribution in [1.29, 1.82) is 0 Å². The van der Waals surface area contributed by atoms with Crippen molar-refractivity contribution in [3.05, 3.63) is 0 Å². The summed E-state index contributed by atoms with van der Waals surface area (Å²) in [4.78, 5) is 0. The standard InChI is InChI=1S/C9H14O/c1-9(2)5-3-6(9)8-7(4-5)10-8/h5-8H,3-4H2,1-2H3/t5-,6+,7+,8-/m0/s1. The lowest BCUT2D eigenvalue weighted by Crippen LogP contribution is -2.51. The molecule has 4 aliphatic rings. The fourth-order valence-corrected chi connectivity index (χ4v) is 2.99. The van der Waals surface area contributed by atoms with Crippen LogP contribution in [0.5, 0.6) is 0 Å². The Kier molecular flexibility index (Phi) is 0.722. The van der Waals surface area contributed by atoms with E-state index in [4.69, 9.17) is 4.74 Å². The molecular weight excluding hydrogens is 124 g/mol. The van der Waals surface area contributed by atoms with E-state index in [2.05, 4.69) is 13.8 Å². The molecule has 0 spiro atoms. The summed E-state index contributed by atoms with van der Waals surface area (Å²) in [5, 5.41) is 0. The van der Waals surface area contributed by atoms with Crippen molar-refractivity contribution >= 4 is 0 Å². The van der Waals surface area contributed by atoms with Gasteiger partial charge in [0.1, 0.15) is 0 Å². The molecule has 1 saturated heterocycles. The predicted molar refractivity (Wildman–Crippen MR) is 38.7 cm³/mol. The van der Waals surface area contributed by atoms with Crippen LogP contribution in [0.25, 0.3) is 0 Å². The average molecular weight is 138 g/mol. The van der Waals surface area contributed by atoms with Crippen molar-refractivity contribution in [1.82, 2.24) is 0 Å². The van der Waals surface area contributed by atoms with Gasteiger partial charge in [-0.3, -0.25) is 0 Å². The number of epoxide rings is 1. The van der Waals surface area contributed by atoms with Gasteiger partial charge in [-0.05, 0) is 30.1 Å². The molecule has 56 valence electrons. The van der Waals surface area contributed by atoms with Crippen molar-refractivity contribution in [3.8, 4) is 0 Å². The molecule has 1 heterocycles. The predicted octanol–water partition coefficient (Wildman–Crippen LogP) is 1.82. The summed E-state index contributed by atoms with van der Waals surface area (Å²) in [6.45, 7) is 4.81. The summed E-state index contributed by atoms with van der Waals surface area (Å²) in [6.07, 6.45) is 4.18. The first kappa shape index (κ1) is 5.59. The largest absolute Gasteiger partial charge is 0.369 e. The van der Waals surface area contributed by atoms with Crippen LogP contribution >= 0.6 is 0 Å². The van der Waals surface area contributed by atoms with E-state index in [0.717, 1.165) is 11.8 Å². The third kappa shape index (κ3) is 0.430. The minimum Gasteiger partial charge on any atom is -0.369 e. The van der Waals surface area contributed by atoms with Crippen LogP contribution in [0.3, 0.4) is 0 Å². The van der Waals surface area contributed by atoms with Gasteiger partial charge >= 0.3 is 0 Å². The molecule has 0 amide bonds. The zero-order chi connectivity index (χ0) is 6.93. The molecular formula is C9H14O. The van der Waals surface area contributed by atoms with Crippen molar-refractivity contribution in [2.24, 2.45) is 17.3 Å². The van der Waals surface area contributed by atoms with Crippen LogP contribution in [-0.4, -0.2) is 12.2 Å². The monoisotopic (exact) mass is 138 g/mol. The van der Waals surface area contributed by atoms with Gasteiger partial charge in [0.05, 0.1) is 12.2 Å². The fraction of sp³-hybridized carbons (Fsp3) is 1.00. The van der Waals surface area contributed by atoms with E-state index in [1.54, 1.807) is 0 Å². The fourth-order valence-electron chi connectivity index (χ4n) is 2.99. The van der Waals surface area contributed by atoms with Gasteiger partial charge in [0.25, 0.3) is 0 Å². The zero-order valence-corrected chi connectivity index (χ0v) is 6.63. The Labute approximate surface area is 61.8 Å².